The van der Waals surface area contributed by atoms with Crippen LogP contribution >= 0.6 is 0 Å². The smallest absolute Gasteiger partial charge is 0.247 e. The maximum Gasteiger partial charge on any atom is 0.247 e. The van der Waals surface area contributed by atoms with Crippen LogP contribution < -0.4 is 10.2 Å². The summed E-state index contributed by atoms with van der Waals surface area (Å²) in [5, 5.41) is 11.7. The first-order valence-corrected chi connectivity index (χ1v) is 7.91. The molecule has 0 bridgehead atoms. The highest BCUT2D eigenvalue weighted by Gasteiger charge is 2.18. The van der Waals surface area contributed by atoms with E-state index in [0.29, 0.717) is 0 Å². The van der Waals surface area contributed by atoms with Gasteiger partial charge in [-0.25, -0.2) is 0 Å². The van der Waals surface area contributed by atoms with Crippen LogP contribution in [0.1, 0.15) is 30.9 Å². The molecular formula is C17H23N5. The first-order chi connectivity index (χ1) is 10.6. The van der Waals surface area contributed by atoms with Gasteiger partial charge in [0.05, 0.1) is 6.20 Å². The number of rotatable bonds is 3. The van der Waals surface area contributed by atoms with E-state index in [-0.39, 0.29) is 0 Å². The summed E-state index contributed by atoms with van der Waals surface area (Å²) in [6.45, 7) is 8.54. The van der Waals surface area contributed by atoms with Crippen molar-refractivity contribution in [3.05, 3.63) is 35.5 Å². The quantitative estimate of drug-likeness (QED) is 0.940. The molecule has 5 nitrogen and oxygen atoms in total. The number of aromatic nitrogens is 3. The molecule has 1 aliphatic rings. The van der Waals surface area contributed by atoms with Crippen molar-refractivity contribution in [2.75, 3.05) is 23.3 Å². The lowest BCUT2D eigenvalue weighted by Crippen LogP contribution is -2.34. The third-order valence-electron chi connectivity index (χ3n) is 4.48. The minimum Gasteiger partial charge on any atom is -0.339 e. The fourth-order valence-corrected chi connectivity index (χ4v) is 2.72. The van der Waals surface area contributed by atoms with E-state index in [1.807, 2.05) is 6.07 Å². The summed E-state index contributed by atoms with van der Waals surface area (Å²) in [6.07, 6.45) is 4.06. The zero-order valence-corrected chi connectivity index (χ0v) is 13.5. The van der Waals surface area contributed by atoms with E-state index in [4.69, 9.17) is 0 Å². The Balaban J connectivity index is 1.78. The second-order valence-electron chi connectivity index (χ2n) is 6.18. The van der Waals surface area contributed by atoms with Crippen LogP contribution in [0, 0.1) is 19.8 Å². The maximum absolute atomic E-state index is 4.63. The van der Waals surface area contributed by atoms with E-state index in [0.717, 1.165) is 36.5 Å². The Hall–Kier alpha value is -2.17. The van der Waals surface area contributed by atoms with Gasteiger partial charge in [0.1, 0.15) is 0 Å². The van der Waals surface area contributed by atoms with Crippen LogP contribution in [0.4, 0.5) is 17.5 Å². The fraction of sp³-hybridized carbons (Fsp3) is 0.471. The summed E-state index contributed by atoms with van der Waals surface area (Å²) in [7, 11) is 0. The van der Waals surface area contributed by atoms with E-state index in [1.54, 1.807) is 6.20 Å². The molecule has 116 valence electrons. The molecule has 1 fully saturated rings. The minimum atomic E-state index is 0.724. The van der Waals surface area contributed by atoms with Crippen LogP contribution in [0.15, 0.2) is 24.4 Å². The predicted molar refractivity (Wildman–Crippen MR) is 89.6 cm³/mol. The Morgan fingerprint density at radius 2 is 1.95 bits per heavy atom. The van der Waals surface area contributed by atoms with Crippen molar-refractivity contribution in [1.82, 2.24) is 15.2 Å². The number of hydrogen-bond donors (Lipinski definition) is 1. The Kier molecular flexibility index (Phi) is 4.22. The van der Waals surface area contributed by atoms with Gasteiger partial charge in [-0.1, -0.05) is 19.1 Å². The second-order valence-corrected chi connectivity index (χ2v) is 6.18. The third-order valence-corrected chi connectivity index (χ3v) is 4.48. The molecule has 1 saturated heterocycles. The molecule has 1 aromatic heterocycles. The average molecular weight is 297 g/mol. The van der Waals surface area contributed by atoms with Crippen molar-refractivity contribution >= 4 is 17.5 Å². The van der Waals surface area contributed by atoms with Crippen molar-refractivity contribution < 1.29 is 0 Å². The minimum absolute atomic E-state index is 0.724. The molecule has 1 aromatic carbocycles. The van der Waals surface area contributed by atoms with Gasteiger partial charge in [-0.05, 0) is 49.8 Å². The summed E-state index contributed by atoms with van der Waals surface area (Å²) >= 11 is 0. The van der Waals surface area contributed by atoms with Crippen LogP contribution in [0.3, 0.4) is 0 Å². The highest BCUT2D eigenvalue weighted by Crippen LogP contribution is 2.23. The topological polar surface area (TPSA) is 53.9 Å². The fourth-order valence-electron chi connectivity index (χ4n) is 2.72. The maximum atomic E-state index is 4.63. The van der Waals surface area contributed by atoms with E-state index in [9.17, 15) is 0 Å². The van der Waals surface area contributed by atoms with Gasteiger partial charge in [0.2, 0.25) is 5.95 Å². The van der Waals surface area contributed by atoms with Crippen molar-refractivity contribution in [1.29, 1.82) is 0 Å². The Bertz CT molecular complexity index is 647. The van der Waals surface area contributed by atoms with Crippen LogP contribution in [-0.2, 0) is 0 Å². The molecule has 0 radical (unpaired) electrons. The standard InChI is InChI=1S/C17H23N5/c1-12-7-9-22(10-8-12)17-20-16(11-18-21-17)19-15-6-4-5-13(2)14(15)3/h4-6,11-12H,7-10H2,1-3H3,(H,19,20,21). The van der Waals surface area contributed by atoms with Gasteiger partial charge >= 0.3 is 0 Å². The molecule has 0 saturated carbocycles. The Labute approximate surface area is 131 Å². The van der Waals surface area contributed by atoms with Crippen molar-refractivity contribution in [3.8, 4) is 0 Å². The lowest BCUT2D eigenvalue weighted by atomic mass is 10.00. The van der Waals surface area contributed by atoms with E-state index >= 15 is 0 Å². The van der Waals surface area contributed by atoms with E-state index in [2.05, 4.69) is 58.3 Å². The molecule has 3 rings (SSSR count). The summed E-state index contributed by atoms with van der Waals surface area (Å²) < 4.78 is 0. The molecule has 0 unspecified atom stereocenters. The van der Waals surface area contributed by atoms with E-state index < -0.39 is 0 Å². The number of benzene rings is 1. The zero-order chi connectivity index (χ0) is 15.5. The molecule has 2 aromatic rings. The van der Waals surface area contributed by atoms with E-state index in [1.165, 1.54) is 24.0 Å². The monoisotopic (exact) mass is 297 g/mol. The Morgan fingerprint density at radius 1 is 1.18 bits per heavy atom. The Morgan fingerprint density at radius 3 is 2.73 bits per heavy atom. The van der Waals surface area contributed by atoms with Crippen molar-refractivity contribution in [2.45, 2.75) is 33.6 Å². The van der Waals surface area contributed by atoms with Gasteiger partial charge in [0, 0.05) is 18.8 Å². The molecule has 0 aliphatic carbocycles. The molecule has 5 heteroatoms. The number of aryl methyl sites for hydroxylation is 1. The lowest BCUT2D eigenvalue weighted by Gasteiger charge is -2.29. The van der Waals surface area contributed by atoms with Crippen molar-refractivity contribution in [2.24, 2.45) is 5.92 Å². The number of piperidine rings is 1. The van der Waals surface area contributed by atoms with Crippen LogP contribution in [-0.4, -0.2) is 28.3 Å². The van der Waals surface area contributed by atoms with Crippen LogP contribution in [0.5, 0.6) is 0 Å². The largest absolute Gasteiger partial charge is 0.339 e. The first-order valence-electron chi connectivity index (χ1n) is 7.91. The number of nitrogens with one attached hydrogen (secondary N) is 1. The second kappa shape index (κ2) is 6.30. The normalized spacial score (nSPS) is 15.9. The number of anilines is 3. The van der Waals surface area contributed by atoms with Crippen LogP contribution in [0.25, 0.3) is 0 Å². The van der Waals surface area contributed by atoms with Gasteiger partial charge in [-0.2, -0.15) is 10.1 Å². The molecule has 2 heterocycles. The summed E-state index contributed by atoms with van der Waals surface area (Å²) in [5.74, 6) is 2.26. The molecule has 22 heavy (non-hydrogen) atoms. The zero-order valence-electron chi connectivity index (χ0n) is 13.5. The predicted octanol–water partition coefficient (Wildman–Crippen LogP) is 3.47. The highest BCUT2D eigenvalue weighted by atomic mass is 15.3. The molecule has 1 N–H and O–H groups in total. The van der Waals surface area contributed by atoms with Gasteiger partial charge in [-0.3, -0.25) is 0 Å². The first kappa shape index (κ1) is 14.8. The molecule has 0 amide bonds. The molecule has 1 aliphatic heterocycles. The van der Waals surface area contributed by atoms with Gasteiger partial charge < -0.3 is 10.2 Å². The molecule has 0 spiro atoms. The molecule has 0 atom stereocenters. The van der Waals surface area contributed by atoms with Gasteiger partial charge in [-0.15, -0.1) is 5.10 Å². The summed E-state index contributed by atoms with van der Waals surface area (Å²) in [6, 6.07) is 6.22. The van der Waals surface area contributed by atoms with Gasteiger partial charge in [0.25, 0.3) is 0 Å². The summed E-state index contributed by atoms with van der Waals surface area (Å²) in [5.41, 5.74) is 3.56. The summed E-state index contributed by atoms with van der Waals surface area (Å²) in [4.78, 5) is 6.85. The molecular weight excluding hydrogens is 274 g/mol. The SMILES string of the molecule is Cc1cccc(Nc2cnnc(N3CCC(C)CC3)n2)c1C. The lowest BCUT2D eigenvalue weighted by molar-refractivity contribution is 0.433. The van der Waals surface area contributed by atoms with Crippen molar-refractivity contribution in [3.63, 3.8) is 0 Å². The third kappa shape index (κ3) is 3.18. The highest BCUT2D eigenvalue weighted by molar-refractivity contribution is 5.62. The van der Waals surface area contributed by atoms with Gasteiger partial charge in [0.15, 0.2) is 5.82 Å². The average Bonchev–Trinajstić information content (AvgIpc) is 2.53. The number of hydrogen-bond acceptors (Lipinski definition) is 5. The van der Waals surface area contributed by atoms with Crippen LogP contribution in [0.2, 0.25) is 0 Å². The number of nitrogens with zero attached hydrogens (tertiary/aromatic N) is 4.